The summed E-state index contributed by atoms with van der Waals surface area (Å²) < 4.78 is 1.01. The number of halogens is 1. The highest BCUT2D eigenvalue weighted by Gasteiger charge is 2.25. The molecule has 1 N–H and O–H groups in total. The van der Waals surface area contributed by atoms with Gasteiger partial charge in [0.05, 0.1) is 0 Å². The molecule has 0 radical (unpaired) electrons. The summed E-state index contributed by atoms with van der Waals surface area (Å²) >= 11 is 3.49. The summed E-state index contributed by atoms with van der Waals surface area (Å²) in [5.41, 5.74) is 2.02. The van der Waals surface area contributed by atoms with Crippen LogP contribution < -0.4 is 4.90 Å². The first-order valence-electron chi connectivity index (χ1n) is 6.59. The smallest absolute Gasteiger partial charge is 0.328 e. The monoisotopic (exact) mass is 338 g/mol. The van der Waals surface area contributed by atoms with Crippen molar-refractivity contribution in [3.8, 4) is 0 Å². The Morgan fingerprint density at radius 2 is 2.25 bits per heavy atom. The van der Waals surface area contributed by atoms with Gasteiger partial charge in [0.1, 0.15) is 0 Å². The van der Waals surface area contributed by atoms with Gasteiger partial charge in [-0.05, 0) is 44.3 Å². The molecule has 0 saturated carbocycles. The van der Waals surface area contributed by atoms with Crippen LogP contribution in [0.25, 0.3) is 6.08 Å². The molecule has 4 nitrogen and oxygen atoms in total. The van der Waals surface area contributed by atoms with Crippen molar-refractivity contribution in [2.45, 2.75) is 12.5 Å². The van der Waals surface area contributed by atoms with Crippen molar-refractivity contribution < 1.29 is 9.90 Å². The van der Waals surface area contributed by atoms with Gasteiger partial charge in [0, 0.05) is 35.4 Å². The number of aliphatic carboxylic acids is 1. The quantitative estimate of drug-likeness (QED) is 0.857. The first kappa shape index (κ1) is 15.1. The molecule has 1 aliphatic rings. The number of hydrogen-bond acceptors (Lipinski definition) is 3. The van der Waals surface area contributed by atoms with E-state index in [0.717, 1.165) is 35.2 Å². The van der Waals surface area contributed by atoms with Crippen molar-refractivity contribution in [2.24, 2.45) is 0 Å². The minimum atomic E-state index is -0.925. The van der Waals surface area contributed by atoms with E-state index < -0.39 is 5.97 Å². The Labute approximate surface area is 127 Å². The van der Waals surface area contributed by atoms with Crippen molar-refractivity contribution >= 4 is 33.7 Å². The van der Waals surface area contributed by atoms with E-state index in [9.17, 15) is 4.79 Å². The molecule has 0 aromatic heterocycles. The average Bonchev–Trinajstić information content (AvgIpc) is 2.86. The van der Waals surface area contributed by atoms with Crippen LogP contribution in [0.2, 0.25) is 0 Å². The fraction of sp³-hybridized carbons (Fsp3) is 0.400. The Morgan fingerprint density at radius 1 is 1.50 bits per heavy atom. The summed E-state index contributed by atoms with van der Waals surface area (Å²) in [5.74, 6) is -0.925. The lowest BCUT2D eigenvalue weighted by Gasteiger charge is -2.23. The number of likely N-dealkylation sites (N-methyl/N-ethyl adjacent to an activating group) is 1. The van der Waals surface area contributed by atoms with Crippen LogP contribution in [0.1, 0.15) is 12.0 Å². The molecule has 2 rings (SSSR count). The average molecular weight is 339 g/mol. The molecule has 1 saturated heterocycles. The molecule has 1 aromatic rings. The summed E-state index contributed by atoms with van der Waals surface area (Å²) in [7, 11) is 4.20. The van der Waals surface area contributed by atoms with E-state index in [4.69, 9.17) is 5.11 Å². The number of hydrogen-bond donors (Lipinski definition) is 1. The Kier molecular flexibility index (Phi) is 4.83. The first-order chi connectivity index (χ1) is 9.47. The van der Waals surface area contributed by atoms with E-state index >= 15 is 0 Å². The minimum Gasteiger partial charge on any atom is -0.478 e. The molecule has 1 aliphatic heterocycles. The van der Waals surface area contributed by atoms with Crippen LogP contribution in [0.15, 0.2) is 28.7 Å². The molecule has 1 heterocycles. The van der Waals surface area contributed by atoms with Crippen molar-refractivity contribution in [3.05, 3.63) is 34.3 Å². The van der Waals surface area contributed by atoms with Crippen LogP contribution >= 0.6 is 15.9 Å². The second-order valence-corrected chi connectivity index (χ2v) is 6.14. The summed E-state index contributed by atoms with van der Waals surface area (Å²) in [4.78, 5) is 15.3. The third kappa shape index (κ3) is 3.61. The van der Waals surface area contributed by atoms with Crippen molar-refractivity contribution in [1.82, 2.24) is 4.90 Å². The molecule has 0 bridgehead atoms. The maximum absolute atomic E-state index is 10.7. The first-order valence-corrected chi connectivity index (χ1v) is 7.38. The molecule has 5 heteroatoms. The lowest BCUT2D eigenvalue weighted by molar-refractivity contribution is -0.131. The van der Waals surface area contributed by atoms with Crippen molar-refractivity contribution in [3.63, 3.8) is 0 Å². The highest BCUT2D eigenvalue weighted by Crippen LogP contribution is 2.29. The van der Waals surface area contributed by atoms with E-state index in [0.29, 0.717) is 6.04 Å². The molecule has 1 atom stereocenters. The van der Waals surface area contributed by atoms with E-state index in [1.807, 2.05) is 12.1 Å². The van der Waals surface area contributed by atoms with Crippen molar-refractivity contribution in [1.29, 1.82) is 0 Å². The molecular formula is C15H19BrN2O2. The van der Waals surface area contributed by atoms with Crippen LogP contribution in [0.4, 0.5) is 5.69 Å². The van der Waals surface area contributed by atoms with Gasteiger partial charge in [-0.2, -0.15) is 0 Å². The van der Waals surface area contributed by atoms with Crippen LogP contribution in [0.5, 0.6) is 0 Å². The summed E-state index contributed by atoms with van der Waals surface area (Å²) in [6.45, 7) is 1.96. The maximum Gasteiger partial charge on any atom is 0.328 e. The zero-order valence-electron chi connectivity index (χ0n) is 11.7. The van der Waals surface area contributed by atoms with Gasteiger partial charge in [-0.25, -0.2) is 4.79 Å². The lowest BCUT2D eigenvalue weighted by atomic mass is 10.1. The predicted octanol–water partition coefficient (Wildman–Crippen LogP) is 2.69. The maximum atomic E-state index is 10.7. The van der Waals surface area contributed by atoms with E-state index in [2.05, 4.69) is 45.9 Å². The third-order valence-electron chi connectivity index (χ3n) is 3.63. The molecule has 1 fully saturated rings. The topological polar surface area (TPSA) is 43.8 Å². The predicted molar refractivity (Wildman–Crippen MR) is 85.1 cm³/mol. The molecular weight excluding hydrogens is 320 g/mol. The largest absolute Gasteiger partial charge is 0.478 e. The Morgan fingerprint density at radius 3 is 2.85 bits per heavy atom. The highest BCUT2D eigenvalue weighted by atomic mass is 79.9. The van der Waals surface area contributed by atoms with E-state index in [1.165, 1.54) is 6.08 Å². The minimum absolute atomic E-state index is 0.547. The SMILES string of the molecule is CN(C)C1CCN(c2cc(Br)ccc2C=CC(=O)O)C1. The fourth-order valence-corrected chi connectivity index (χ4v) is 2.82. The Hall–Kier alpha value is -1.33. The van der Waals surface area contributed by atoms with Crippen LogP contribution in [0.3, 0.4) is 0 Å². The lowest BCUT2D eigenvalue weighted by Crippen LogP contribution is -2.31. The summed E-state index contributed by atoms with van der Waals surface area (Å²) in [5, 5.41) is 8.78. The molecule has 20 heavy (non-hydrogen) atoms. The zero-order chi connectivity index (χ0) is 14.7. The number of nitrogens with zero attached hydrogens (tertiary/aromatic N) is 2. The van der Waals surface area contributed by atoms with Gasteiger partial charge in [0.25, 0.3) is 0 Å². The van der Waals surface area contributed by atoms with Gasteiger partial charge in [-0.15, -0.1) is 0 Å². The molecule has 108 valence electrons. The van der Waals surface area contributed by atoms with Crippen LogP contribution in [-0.4, -0.2) is 49.2 Å². The van der Waals surface area contributed by atoms with E-state index in [1.54, 1.807) is 6.08 Å². The van der Waals surface area contributed by atoms with Gasteiger partial charge < -0.3 is 14.9 Å². The molecule has 0 aliphatic carbocycles. The van der Waals surface area contributed by atoms with Crippen LogP contribution in [-0.2, 0) is 4.79 Å². The zero-order valence-corrected chi connectivity index (χ0v) is 13.3. The number of rotatable bonds is 4. The number of benzene rings is 1. The number of carboxylic acids is 1. The molecule has 0 spiro atoms. The van der Waals surface area contributed by atoms with Gasteiger partial charge in [0.15, 0.2) is 0 Å². The molecule has 1 unspecified atom stereocenters. The summed E-state index contributed by atoms with van der Waals surface area (Å²) in [6.07, 6.45) is 3.97. The highest BCUT2D eigenvalue weighted by molar-refractivity contribution is 9.10. The molecule has 1 aromatic carbocycles. The normalized spacial score (nSPS) is 19.2. The van der Waals surface area contributed by atoms with Gasteiger partial charge >= 0.3 is 5.97 Å². The number of anilines is 1. The fourth-order valence-electron chi connectivity index (χ4n) is 2.47. The Bertz CT molecular complexity index is 529. The number of carboxylic acid groups (broad SMARTS) is 1. The second-order valence-electron chi connectivity index (χ2n) is 5.23. The standard InChI is InChI=1S/C15H19BrN2O2/c1-17(2)13-7-8-18(10-13)14-9-12(16)5-3-11(14)4-6-15(19)20/h3-6,9,13H,7-8,10H2,1-2H3,(H,19,20). The number of carbonyl (C=O) groups is 1. The van der Waals surface area contributed by atoms with Crippen molar-refractivity contribution in [2.75, 3.05) is 32.1 Å². The van der Waals surface area contributed by atoms with Crippen LogP contribution in [0, 0.1) is 0 Å². The van der Waals surface area contributed by atoms with Gasteiger partial charge in [-0.3, -0.25) is 0 Å². The second kappa shape index (κ2) is 6.41. The third-order valence-corrected chi connectivity index (χ3v) is 4.13. The molecule has 0 amide bonds. The Balaban J connectivity index is 2.26. The van der Waals surface area contributed by atoms with Gasteiger partial charge in [-0.1, -0.05) is 22.0 Å². The summed E-state index contributed by atoms with van der Waals surface area (Å²) in [6, 6.07) is 6.48. The van der Waals surface area contributed by atoms with Gasteiger partial charge in [0.2, 0.25) is 0 Å². The van der Waals surface area contributed by atoms with E-state index in [-0.39, 0.29) is 0 Å².